The molecule has 2 rings (SSSR count). The first-order valence-corrected chi connectivity index (χ1v) is 7.58. The Bertz CT molecular complexity index is 531. The third-order valence-corrected chi connectivity index (χ3v) is 3.98. The maximum Gasteiger partial charge on any atom is 0.209 e. The third kappa shape index (κ3) is 4.50. The standard InChI is InChI=1S/C13H19N5OS/c1-18-13(15-16-17-18)20-8-4-7-14-10-11-5-3-6-12(9-11)19-2/h3,5-6,9,14H,4,7-8,10H2,1-2H3/p+1. The van der Waals surface area contributed by atoms with Crippen molar-refractivity contribution in [2.45, 2.75) is 18.1 Å². The van der Waals surface area contributed by atoms with Gasteiger partial charge in [-0.25, -0.2) is 4.68 Å². The summed E-state index contributed by atoms with van der Waals surface area (Å²) in [7, 11) is 3.55. The maximum absolute atomic E-state index is 5.21. The van der Waals surface area contributed by atoms with E-state index in [1.54, 1.807) is 23.6 Å². The molecule has 0 spiro atoms. The average molecular weight is 294 g/mol. The predicted molar refractivity (Wildman–Crippen MR) is 77.6 cm³/mol. The summed E-state index contributed by atoms with van der Waals surface area (Å²) in [5.74, 6) is 1.95. The molecule has 0 aliphatic heterocycles. The fourth-order valence-electron chi connectivity index (χ4n) is 1.80. The van der Waals surface area contributed by atoms with Crippen LogP contribution >= 0.6 is 11.8 Å². The molecule has 20 heavy (non-hydrogen) atoms. The highest BCUT2D eigenvalue weighted by Crippen LogP contribution is 2.13. The van der Waals surface area contributed by atoms with Gasteiger partial charge in [0.1, 0.15) is 12.3 Å². The van der Waals surface area contributed by atoms with E-state index in [0.717, 1.165) is 36.2 Å². The molecule has 0 unspecified atom stereocenters. The Hall–Kier alpha value is -1.60. The van der Waals surface area contributed by atoms with Crippen molar-refractivity contribution in [2.24, 2.45) is 7.05 Å². The van der Waals surface area contributed by atoms with Crippen molar-refractivity contribution in [2.75, 3.05) is 19.4 Å². The van der Waals surface area contributed by atoms with Gasteiger partial charge >= 0.3 is 0 Å². The van der Waals surface area contributed by atoms with E-state index >= 15 is 0 Å². The molecule has 108 valence electrons. The molecule has 0 saturated heterocycles. The summed E-state index contributed by atoms with van der Waals surface area (Å²) < 4.78 is 6.91. The Morgan fingerprint density at radius 3 is 3.05 bits per heavy atom. The van der Waals surface area contributed by atoms with Gasteiger partial charge in [0.25, 0.3) is 0 Å². The van der Waals surface area contributed by atoms with E-state index < -0.39 is 0 Å². The molecule has 0 aliphatic rings. The Morgan fingerprint density at radius 1 is 1.40 bits per heavy atom. The van der Waals surface area contributed by atoms with Crippen LogP contribution in [0.5, 0.6) is 5.75 Å². The van der Waals surface area contributed by atoms with Gasteiger partial charge in [-0.3, -0.25) is 0 Å². The number of methoxy groups -OCH3 is 1. The molecule has 6 nitrogen and oxygen atoms in total. The molecule has 2 N–H and O–H groups in total. The van der Waals surface area contributed by atoms with Crippen molar-refractivity contribution < 1.29 is 10.1 Å². The molecule has 0 radical (unpaired) electrons. The van der Waals surface area contributed by atoms with Crippen molar-refractivity contribution in [1.29, 1.82) is 0 Å². The minimum Gasteiger partial charge on any atom is -0.497 e. The van der Waals surface area contributed by atoms with Crippen LogP contribution in [-0.2, 0) is 13.6 Å². The summed E-state index contributed by atoms with van der Waals surface area (Å²) in [6, 6.07) is 8.20. The Balaban J connectivity index is 1.60. The average Bonchev–Trinajstić information content (AvgIpc) is 2.88. The van der Waals surface area contributed by atoms with Crippen LogP contribution in [0, 0.1) is 0 Å². The highest BCUT2D eigenvalue weighted by atomic mass is 32.2. The predicted octanol–water partition coefficient (Wildman–Crippen LogP) is 0.464. The van der Waals surface area contributed by atoms with Crippen molar-refractivity contribution in [3.63, 3.8) is 0 Å². The quantitative estimate of drug-likeness (QED) is 0.566. The Labute approximate surface area is 122 Å². The van der Waals surface area contributed by atoms with Gasteiger partial charge in [-0.15, -0.1) is 5.10 Å². The lowest BCUT2D eigenvalue weighted by atomic mass is 10.2. The molecular weight excluding hydrogens is 274 g/mol. The highest BCUT2D eigenvalue weighted by Gasteiger charge is 2.03. The Morgan fingerprint density at radius 2 is 2.30 bits per heavy atom. The van der Waals surface area contributed by atoms with Gasteiger partial charge < -0.3 is 10.1 Å². The molecule has 0 aliphatic carbocycles. The topological polar surface area (TPSA) is 69.4 Å². The zero-order chi connectivity index (χ0) is 14.2. The van der Waals surface area contributed by atoms with E-state index in [0.29, 0.717) is 0 Å². The maximum atomic E-state index is 5.21. The number of aryl methyl sites for hydroxylation is 1. The third-order valence-electron chi connectivity index (χ3n) is 2.88. The van der Waals surface area contributed by atoms with Crippen LogP contribution in [0.4, 0.5) is 0 Å². The zero-order valence-corrected chi connectivity index (χ0v) is 12.6. The molecule has 1 aromatic carbocycles. The normalized spacial score (nSPS) is 10.7. The minimum atomic E-state index is 0.873. The van der Waals surface area contributed by atoms with E-state index in [-0.39, 0.29) is 0 Å². The summed E-state index contributed by atoms with van der Waals surface area (Å²) in [6.07, 6.45) is 1.13. The monoisotopic (exact) mass is 294 g/mol. The van der Waals surface area contributed by atoms with Crippen LogP contribution in [-0.4, -0.2) is 39.6 Å². The summed E-state index contributed by atoms with van der Waals surface area (Å²) in [6.45, 7) is 2.07. The summed E-state index contributed by atoms with van der Waals surface area (Å²) in [5.41, 5.74) is 1.29. The molecule has 2 aromatic rings. The van der Waals surface area contributed by atoms with E-state index in [4.69, 9.17) is 4.74 Å². The first-order chi connectivity index (χ1) is 9.79. The van der Waals surface area contributed by atoms with Gasteiger partial charge in [0.05, 0.1) is 13.7 Å². The second-order valence-corrected chi connectivity index (χ2v) is 5.48. The van der Waals surface area contributed by atoms with Crippen LogP contribution in [0.3, 0.4) is 0 Å². The minimum absolute atomic E-state index is 0.873. The van der Waals surface area contributed by atoms with Gasteiger partial charge in [-0.05, 0) is 22.6 Å². The largest absolute Gasteiger partial charge is 0.497 e. The van der Waals surface area contributed by atoms with Crippen molar-refractivity contribution in [3.8, 4) is 5.75 Å². The van der Waals surface area contributed by atoms with E-state index in [9.17, 15) is 0 Å². The molecular formula is C13H20N5OS+. The molecule has 1 heterocycles. The first kappa shape index (κ1) is 14.8. The van der Waals surface area contributed by atoms with Crippen molar-refractivity contribution >= 4 is 11.8 Å². The molecule has 7 heteroatoms. The van der Waals surface area contributed by atoms with Crippen molar-refractivity contribution in [1.82, 2.24) is 20.2 Å². The fourth-order valence-corrected chi connectivity index (χ4v) is 2.61. The first-order valence-electron chi connectivity index (χ1n) is 6.59. The van der Waals surface area contributed by atoms with Gasteiger partial charge in [-0.1, -0.05) is 23.9 Å². The number of ether oxygens (including phenoxy) is 1. The van der Waals surface area contributed by atoms with Crippen LogP contribution in [0.2, 0.25) is 0 Å². The smallest absolute Gasteiger partial charge is 0.209 e. The Kier molecular flexibility index (Phi) is 5.82. The number of tetrazole rings is 1. The SMILES string of the molecule is COc1cccc(C[NH2+]CCCSc2nnnn2C)c1. The van der Waals surface area contributed by atoms with Crippen LogP contribution in [0.25, 0.3) is 0 Å². The van der Waals surface area contributed by atoms with Gasteiger partial charge in [0.2, 0.25) is 5.16 Å². The lowest BCUT2D eigenvalue weighted by Crippen LogP contribution is -2.82. The van der Waals surface area contributed by atoms with E-state index in [2.05, 4.69) is 33.0 Å². The van der Waals surface area contributed by atoms with Gasteiger partial charge in [0.15, 0.2) is 0 Å². The number of benzene rings is 1. The van der Waals surface area contributed by atoms with E-state index in [1.807, 2.05) is 19.2 Å². The lowest BCUT2D eigenvalue weighted by molar-refractivity contribution is -0.670. The number of nitrogens with two attached hydrogens (primary N) is 1. The van der Waals surface area contributed by atoms with Crippen LogP contribution in [0.15, 0.2) is 29.4 Å². The summed E-state index contributed by atoms with van der Waals surface area (Å²) >= 11 is 1.69. The molecule has 0 amide bonds. The second-order valence-electron chi connectivity index (χ2n) is 4.42. The zero-order valence-electron chi connectivity index (χ0n) is 11.8. The van der Waals surface area contributed by atoms with Crippen LogP contribution in [0.1, 0.15) is 12.0 Å². The number of rotatable bonds is 8. The molecule has 0 saturated carbocycles. The van der Waals surface area contributed by atoms with Crippen molar-refractivity contribution in [3.05, 3.63) is 29.8 Å². The molecule has 0 fully saturated rings. The van der Waals surface area contributed by atoms with Gasteiger partial charge in [0, 0.05) is 24.8 Å². The number of hydrogen-bond acceptors (Lipinski definition) is 5. The molecule has 0 bridgehead atoms. The number of hydrogen-bond donors (Lipinski definition) is 1. The number of quaternary nitrogens is 1. The number of nitrogens with zero attached hydrogens (tertiary/aromatic N) is 4. The summed E-state index contributed by atoms with van der Waals surface area (Å²) in [5, 5.41) is 14.5. The lowest BCUT2D eigenvalue weighted by Gasteiger charge is -2.04. The number of aromatic nitrogens is 4. The molecule has 1 aromatic heterocycles. The fraction of sp³-hybridized carbons (Fsp3) is 0.462. The molecule has 0 atom stereocenters. The van der Waals surface area contributed by atoms with Crippen LogP contribution < -0.4 is 10.1 Å². The van der Waals surface area contributed by atoms with E-state index in [1.165, 1.54) is 5.56 Å². The number of thioether (sulfide) groups is 1. The second kappa shape index (κ2) is 7.86. The van der Waals surface area contributed by atoms with Gasteiger partial charge in [-0.2, -0.15) is 0 Å². The highest BCUT2D eigenvalue weighted by molar-refractivity contribution is 7.99. The summed E-state index contributed by atoms with van der Waals surface area (Å²) in [4.78, 5) is 0.